The first-order valence-electron chi connectivity index (χ1n) is 5.29. The summed E-state index contributed by atoms with van der Waals surface area (Å²) in [4.78, 5) is 2.13. The lowest BCUT2D eigenvalue weighted by Gasteiger charge is -2.18. The van der Waals surface area contributed by atoms with Gasteiger partial charge in [-0.25, -0.2) is 0 Å². The van der Waals surface area contributed by atoms with Gasteiger partial charge in [0.05, 0.1) is 6.10 Å². The van der Waals surface area contributed by atoms with E-state index in [1.165, 1.54) is 0 Å². The lowest BCUT2D eigenvalue weighted by molar-refractivity contribution is 0.163. The molecule has 1 atom stereocenters. The fraction of sp³-hybridized carbons (Fsp3) is 0.500. The molecule has 0 fully saturated rings. The van der Waals surface area contributed by atoms with Crippen molar-refractivity contribution in [3.05, 3.63) is 33.8 Å². The number of nitrogens with zero attached hydrogens (tertiary/aromatic N) is 1. The van der Waals surface area contributed by atoms with Crippen molar-refractivity contribution in [2.75, 3.05) is 13.6 Å². The summed E-state index contributed by atoms with van der Waals surface area (Å²) in [5, 5.41) is 10.5. The Kier molecular flexibility index (Phi) is 5.56. The Bertz CT molecular complexity index is 342. The third-order valence-electron chi connectivity index (χ3n) is 2.38. The number of rotatable bonds is 5. The Morgan fingerprint density at radius 3 is 2.62 bits per heavy atom. The summed E-state index contributed by atoms with van der Waals surface area (Å²) >= 11 is 11.9. The highest BCUT2D eigenvalue weighted by molar-refractivity contribution is 6.35. The molecule has 0 amide bonds. The maximum absolute atomic E-state index is 9.19. The molecule has 0 radical (unpaired) electrons. The fourth-order valence-electron chi connectivity index (χ4n) is 1.43. The van der Waals surface area contributed by atoms with Gasteiger partial charge < -0.3 is 10.0 Å². The molecular weight excluding hydrogens is 245 g/mol. The zero-order valence-corrected chi connectivity index (χ0v) is 11.1. The first kappa shape index (κ1) is 13.8. The van der Waals surface area contributed by atoms with Crippen LogP contribution in [0.3, 0.4) is 0 Å². The molecule has 4 heteroatoms. The van der Waals surface area contributed by atoms with E-state index in [1.807, 2.05) is 19.2 Å². The van der Waals surface area contributed by atoms with Gasteiger partial charge in [0.2, 0.25) is 0 Å². The Balaban J connectivity index is 2.52. The van der Waals surface area contributed by atoms with Crippen LogP contribution in [0.15, 0.2) is 18.2 Å². The van der Waals surface area contributed by atoms with Crippen molar-refractivity contribution in [3.63, 3.8) is 0 Å². The average molecular weight is 262 g/mol. The molecule has 0 bridgehead atoms. The van der Waals surface area contributed by atoms with E-state index in [-0.39, 0.29) is 6.10 Å². The van der Waals surface area contributed by atoms with E-state index in [9.17, 15) is 5.11 Å². The molecule has 0 heterocycles. The Labute approximate surface area is 107 Å². The maximum atomic E-state index is 9.19. The molecule has 1 unspecified atom stereocenters. The van der Waals surface area contributed by atoms with Crippen molar-refractivity contribution in [1.82, 2.24) is 4.90 Å². The normalized spacial score (nSPS) is 13.1. The molecule has 0 aliphatic carbocycles. The second-order valence-electron chi connectivity index (χ2n) is 4.11. The molecule has 16 heavy (non-hydrogen) atoms. The number of halogens is 2. The Morgan fingerprint density at radius 2 is 2.06 bits per heavy atom. The fourth-order valence-corrected chi connectivity index (χ4v) is 1.90. The van der Waals surface area contributed by atoms with Crippen molar-refractivity contribution in [3.8, 4) is 0 Å². The van der Waals surface area contributed by atoms with Crippen LogP contribution in [0.1, 0.15) is 18.9 Å². The van der Waals surface area contributed by atoms with E-state index < -0.39 is 0 Å². The smallest absolute Gasteiger partial charge is 0.0524 e. The third kappa shape index (κ3) is 4.71. The zero-order valence-electron chi connectivity index (χ0n) is 9.58. The van der Waals surface area contributed by atoms with E-state index in [0.29, 0.717) is 10.0 Å². The number of aliphatic hydroxyl groups is 1. The van der Waals surface area contributed by atoms with Crippen molar-refractivity contribution in [2.24, 2.45) is 0 Å². The Morgan fingerprint density at radius 1 is 1.38 bits per heavy atom. The number of benzene rings is 1. The maximum Gasteiger partial charge on any atom is 0.0524 e. The SMILES string of the molecule is CC(O)CCN(C)Cc1ccc(Cl)cc1Cl. The first-order chi connectivity index (χ1) is 7.49. The minimum Gasteiger partial charge on any atom is -0.393 e. The quantitative estimate of drug-likeness (QED) is 0.880. The summed E-state index contributed by atoms with van der Waals surface area (Å²) in [6.45, 7) is 3.41. The van der Waals surface area contributed by atoms with Gasteiger partial charge in [-0.15, -0.1) is 0 Å². The van der Waals surface area contributed by atoms with E-state index in [4.69, 9.17) is 23.2 Å². The summed E-state index contributed by atoms with van der Waals surface area (Å²) in [5.74, 6) is 0. The molecule has 0 spiro atoms. The molecular formula is C12H17Cl2NO. The zero-order chi connectivity index (χ0) is 12.1. The molecule has 0 saturated carbocycles. The second kappa shape index (κ2) is 6.45. The first-order valence-corrected chi connectivity index (χ1v) is 6.05. The van der Waals surface area contributed by atoms with Crippen LogP contribution in [0, 0.1) is 0 Å². The van der Waals surface area contributed by atoms with Crippen molar-refractivity contribution in [2.45, 2.75) is 26.0 Å². The summed E-state index contributed by atoms with van der Waals surface area (Å²) in [5.41, 5.74) is 1.05. The van der Waals surface area contributed by atoms with Gasteiger partial charge in [-0.2, -0.15) is 0 Å². The third-order valence-corrected chi connectivity index (χ3v) is 2.97. The largest absolute Gasteiger partial charge is 0.393 e. The molecule has 90 valence electrons. The van der Waals surface area contributed by atoms with Gasteiger partial charge in [0.25, 0.3) is 0 Å². The number of hydrogen-bond acceptors (Lipinski definition) is 2. The molecule has 1 aromatic carbocycles. The van der Waals surface area contributed by atoms with E-state index >= 15 is 0 Å². The standard InChI is InChI=1S/C12H17Cl2NO/c1-9(16)5-6-15(2)8-10-3-4-11(13)7-12(10)14/h3-4,7,9,16H,5-6,8H2,1-2H3. The molecule has 0 aliphatic heterocycles. The predicted octanol–water partition coefficient (Wildman–Crippen LogP) is 3.20. The second-order valence-corrected chi connectivity index (χ2v) is 4.95. The van der Waals surface area contributed by atoms with Crippen LogP contribution in [0.4, 0.5) is 0 Å². The predicted molar refractivity (Wildman–Crippen MR) is 69.1 cm³/mol. The molecule has 1 N–H and O–H groups in total. The van der Waals surface area contributed by atoms with Crippen LogP contribution in [0.2, 0.25) is 10.0 Å². The highest BCUT2D eigenvalue weighted by atomic mass is 35.5. The topological polar surface area (TPSA) is 23.5 Å². The lowest BCUT2D eigenvalue weighted by atomic mass is 10.2. The summed E-state index contributed by atoms with van der Waals surface area (Å²) in [7, 11) is 2.01. The minimum atomic E-state index is -0.261. The van der Waals surface area contributed by atoms with Crippen molar-refractivity contribution < 1.29 is 5.11 Å². The molecule has 0 saturated heterocycles. The van der Waals surface area contributed by atoms with Crippen LogP contribution in [-0.2, 0) is 6.54 Å². The molecule has 0 aromatic heterocycles. The summed E-state index contributed by atoms with van der Waals surface area (Å²) in [6, 6.07) is 5.52. The van der Waals surface area contributed by atoms with Crippen LogP contribution >= 0.6 is 23.2 Å². The van der Waals surface area contributed by atoms with Crippen molar-refractivity contribution in [1.29, 1.82) is 0 Å². The van der Waals surface area contributed by atoms with Gasteiger partial charge in [0.1, 0.15) is 0 Å². The van der Waals surface area contributed by atoms with Gasteiger partial charge >= 0.3 is 0 Å². The van der Waals surface area contributed by atoms with E-state index in [1.54, 1.807) is 13.0 Å². The monoisotopic (exact) mass is 261 g/mol. The minimum absolute atomic E-state index is 0.261. The molecule has 1 rings (SSSR count). The van der Waals surface area contributed by atoms with Gasteiger partial charge in [-0.1, -0.05) is 29.3 Å². The number of aliphatic hydroxyl groups excluding tert-OH is 1. The Hall–Kier alpha value is -0.280. The van der Waals surface area contributed by atoms with Gasteiger partial charge in [0.15, 0.2) is 0 Å². The molecule has 2 nitrogen and oxygen atoms in total. The highest BCUT2D eigenvalue weighted by Gasteiger charge is 2.06. The van der Waals surface area contributed by atoms with Crippen LogP contribution in [-0.4, -0.2) is 29.7 Å². The van der Waals surface area contributed by atoms with E-state index in [0.717, 1.165) is 25.1 Å². The molecule has 1 aromatic rings. The number of hydrogen-bond donors (Lipinski definition) is 1. The van der Waals surface area contributed by atoms with E-state index in [2.05, 4.69) is 4.90 Å². The van der Waals surface area contributed by atoms with Gasteiger partial charge in [-0.3, -0.25) is 0 Å². The molecule has 0 aliphatic rings. The van der Waals surface area contributed by atoms with Gasteiger partial charge in [0, 0.05) is 23.1 Å². The van der Waals surface area contributed by atoms with Gasteiger partial charge in [-0.05, 0) is 38.1 Å². The summed E-state index contributed by atoms with van der Waals surface area (Å²) in [6.07, 6.45) is 0.505. The lowest BCUT2D eigenvalue weighted by Crippen LogP contribution is -2.22. The van der Waals surface area contributed by atoms with Crippen LogP contribution in [0.25, 0.3) is 0 Å². The van der Waals surface area contributed by atoms with Crippen molar-refractivity contribution >= 4 is 23.2 Å². The van der Waals surface area contributed by atoms with Crippen LogP contribution in [0.5, 0.6) is 0 Å². The summed E-state index contributed by atoms with van der Waals surface area (Å²) < 4.78 is 0. The van der Waals surface area contributed by atoms with Crippen LogP contribution < -0.4 is 0 Å². The average Bonchev–Trinajstić information content (AvgIpc) is 2.19. The highest BCUT2D eigenvalue weighted by Crippen LogP contribution is 2.21.